The lowest BCUT2D eigenvalue weighted by Crippen LogP contribution is -2.33. The van der Waals surface area contributed by atoms with Gasteiger partial charge in [0.1, 0.15) is 11.9 Å². The maximum absolute atomic E-state index is 12.6. The maximum atomic E-state index is 12.6. The van der Waals surface area contributed by atoms with Gasteiger partial charge in [-0.3, -0.25) is 14.3 Å². The Morgan fingerprint density at radius 2 is 2.17 bits per heavy atom. The van der Waals surface area contributed by atoms with Crippen molar-refractivity contribution >= 4 is 34.9 Å². The molecule has 0 bridgehead atoms. The quantitative estimate of drug-likeness (QED) is 0.830. The van der Waals surface area contributed by atoms with Crippen molar-refractivity contribution in [3.63, 3.8) is 0 Å². The van der Waals surface area contributed by atoms with E-state index in [1.807, 2.05) is 18.2 Å². The molecule has 8 heteroatoms. The van der Waals surface area contributed by atoms with E-state index in [2.05, 4.69) is 10.4 Å². The summed E-state index contributed by atoms with van der Waals surface area (Å²) in [6, 6.07) is 8.72. The van der Waals surface area contributed by atoms with E-state index < -0.39 is 0 Å². The highest BCUT2D eigenvalue weighted by Crippen LogP contribution is 2.29. The third-order valence-electron chi connectivity index (χ3n) is 3.90. The minimum absolute atomic E-state index is 0.0326. The van der Waals surface area contributed by atoms with Gasteiger partial charge < -0.3 is 16.0 Å². The molecule has 0 saturated carbocycles. The molecule has 7 nitrogen and oxygen atoms in total. The lowest BCUT2D eigenvalue weighted by molar-refractivity contribution is -0.118. The van der Waals surface area contributed by atoms with Crippen LogP contribution in [0.25, 0.3) is 0 Å². The summed E-state index contributed by atoms with van der Waals surface area (Å²) in [4.78, 5) is 25.1. The smallest absolute Gasteiger partial charge is 0.249 e. The standard InChI is InChI=1S/C16H18ClN5O2/c17-11-3-1-2-4-13(11)22-10-5-12(16(22)24)19-15-7-9-21(20-15)8-6-14(18)23/h1-4,7,9,12H,5-6,8,10H2,(H2,18,23)(H,19,20)/t12-/m0/s1. The van der Waals surface area contributed by atoms with Crippen molar-refractivity contribution in [3.05, 3.63) is 41.6 Å². The topological polar surface area (TPSA) is 93.3 Å². The molecule has 1 fully saturated rings. The zero-order chi connectivity index (χ0) is 17.1. The fraction of sp³-hybridized carbons (Fsp3) is 0.312. The predicted octanol–water partition coefficient (Wildman–Crippen LogP) is 1.63. The average Bonchev–Trinajstić information content (AvgIpc) is 3.14. The molecule has 1 aliphatic rings. The second kappa shape index (κ2) is 6.92. The normalized spacial score (nSPS) is 17.3. The van der Waals surface area contributed by atoms with Crippen LogP contribution in [0.1, 0.15) is 12.8 Å². The molecule has 1 saturated heterocycles. The highest BCUT2D eigenvalue weighted by atomic mass is 35.5. The summed E-state index contributed by atoms with van der Waals surface area (Å²) in [6.07, 6.45) is 2.64. The minimum atomic E-state index is -0.374. The average molecular weight is 348 g/mol. The van der Waals surface area contributed by atoms with Crippen molar-refractivity contribution in [1.82, 2.24) is 9.78 Å². The molecule has 0 aliphatic carbocycles. The van der Waals surface area contributed by atoms with Crippen LogP contribution in [0, 0.1) is 0 Å². The molecule has 1 aliphatic heterocycles. The summed E-state index contributed by atoms with van der Waals surface area (Å²) in [6.45, 7) is 1.02. The number of aromatic nitrogens is 2. The number of amides is 2. The minimum Gasteiger partial charge on any atom is -0.370 e. The first-order chi connectivity index (χ1) is 11.5. The van der Waals surface area contributed by atoms with Crippen molar-refractivity contribution in [3.8, 4) is 0 Å². The Kier molecular flexibility index (Phi) is 4.71. The molecule has 2 amide bonds. The molecule has 24 heavy (non-hydrogen) atoms. The number of carbonyl (C=O) groups is 2. The van der Waals surface area contributed by atoms with E-state index in [4.69, 9.17) is 17.3 Å². The molecule has 3 rings (SSSR count). The van der Waals surface area contributed by atoms with E-state index in [0.29, 0.717) is 30.4 Å². The first kappa shape index (κ1) is 16.3. The van der Waals surface area contributed by atoms with Crippen LogP contribution in [0.5, 0.6) is 0 Å². The Labute approximate surface area is 144 Å². The summed E-state index contributed by atoms with van der Waals surface area (Å²) >= 11 is 6.17. The van der Waals surface area contributed by atoms with Crippen LogP contribution in [0.4, 0.5) is 11.5 Å². The van der Waals surface area contributed by atoms with Crippen molar-refractivity contribution in [2.45, 2.75) is 25.4 Å². The van der Waals surface area contributed by atoms with Crippen LogP contribution in [0.15, 0.2) is 36.5 Å². The molecular weight excluding hydrogens is 330 g/mol. The number of hydrogen-bond donors (Lipinski definition) is 2. The Morgan fingerprint density at radius 3 is 2.92 bits per heavy atom. The number of nitrogens with zero attached hydrogens (tertiary/aromatic N) is 3. The van der Waals surface area contributed by atoms with Crippen LogP contribution < -0.4 is 16.0 Å². The van der Waals surface area contributed by atoms with Gasteiger partial charge in [-0.25, -0.2) is 0 Å². The lowest BCUT2D eigenvalue weighted by atomic mass is 10.2. The summed E-state index contributed by atoms with van der Waals surface area (Å²) in [7, 11) is 0. The van der Waals surface area contributed by atoms with E-state index >= 15 is 0 Å². The van der Waals surface area contributed by atoms with Crippen molar-refractivity contribution in [2.24, 2.45) is 5.73 Å². The monoisotopic (exact) mass is 347 g/mol. The van der Waals surface area contributed by atoms with Gasteiger partial charge in [0.15, 0.2) is 0 Å². The van der Waals surface area contributed by atoms with Crippen LogP contribution in [0.2, 0.25) is 5.02 Å². The molecule has 2 aromatic rings. The fourth-order valence-electron chi connectivity index (χ4n) is 2.69. The van der Waals surface area contributed by atoms with Gasteiger partial charge in [0.05, 0.1) is 10.7 Å². The highest BCUT2D eigenvalue weighted by Gasteiger charge is 2.33. The van der Waals surface area contributed by atoms with Crippen molar-refractivity contribution < 1.29 is 9.59 Å². The van der Waals surface area contributed by atoms with E-state index in [9.17, 15) is 9.59 Å². The molecular formula is C16H18ClN5O2. The number of halogens is 1. The summed E-state index contributed by atoms with van der Waals surface area (Å²) in [5, 5.41) is 7.99. The molecule has 3 N–H and O–H groups in total. The molecule has 2 heterocycles. The molecule has 126 valence electrons. The second-order valence-electron chi connectivity index (χ2n) is 5.61. The van der Waals surface area contributed by atoms with Crippen LogP contribution >= 0.6 is 11.6 Å². The van der Waals surface area contributed by atoms with E-state index in [-0.39, 0.29) is 24.3 Å². The third kappa shape index (κ3) is 3.51. The van der Waals surface area contributed by atoms with Gasteiger partial charge >= 0.3 is 0 Å². The predicted molar refractivity (Wildman–Crippen MR) is 91.9 cm³/mol. The zero-order valence-corrected chi connectivity index (χ0v) is 13.7. The SMILES string of the molecule is NC(=O)CCn1ccc(N[C@H]2CCN(c3ccccc3Cl)C2=O)n1. The Balaban J connectivity index is 1.64. The number of nitrogens with one attached hydrogen (secondary N) is 1. The highest BCUT2D eigenvalue weighted by molar-refractivity contribution is 6.34. The van der Waals surface area contributed by atoms with Gasteiger partial charge in [0, 0.05) is 31.8 Å². The summed E-state index contributed by atoms with van der Waals surface area (Å²) in [5.74, 6) is 0.190. The van der Waals surface area contributed by atoms with Crippen LogP contribution in [-0.2, 0) is 16.1 Å². The first-order valence-electron chi connectivity index (χ1n) is 7.69. The summed E-state index contributed by atoms with van der Waals surface area (Å²) in [5.41, 5.74) is 5.85. The second-order valence-corrected chi connectivity index (χ2v) is 6.01. The number of hydrogen-bond acceptors (Lipinski definition) is 4. The largest absolute Gasteiger partial charge is 0.370 e. The number of benzene rings is 1. The van der Waals surface area contributed by atoms with Crippen molar-refractivity contribution in [2.75, 3.05) is 16.8 Å². The Morgan fingerprint density at radius 1 is 1.38 bits per heavy atom. The molecule has 0 radical (unpaired) electrons. The Hall–Kier alpha value is -2.54. The zero-order valence-electron chi connectivity index (χ0n) is 13.0. The molecule has 0 unspecified atom stereocenters. The van der Waals surface area contributed by atoms with E-state index in [1.54, 1.807) is 27.9 Å². The van der Waals surface area contributed by atoms with Gasteiger partial charge in [-0.05, 0) is 18.6 Å². The number of nitrogens with two attached hydrogens (primary N) is 1. The van der Waals surface area contributed by atoms with Crippen LogP contribution in [-0.4, -0.2) is 34.2 Å². The molecule has 1 aromatic carbocycles. The Bertz CT molecular complexity index is 760. The first-order valence-corrected chi connectivity index (χ1v) is 8.06. The van der Waals surface area contributed by atoms with Gasteiger partial charge in [0.25, 0.3) is 0 Å². The van der Waals surface area contributed by atoms with Gasteiger partial charge in [0.2, 0.25) is 11.8 Å². The number of primary amides is 1. The fourth-order valence-corrected chi connectivity index (χ4v) is 2.93. The van der Waals surface area contributed by atoms with E-state index in [0.717, 1.165) is 5.69 Å². The van der Waals surface area contributed by atoms with Gasteiger partial charge in [-0.2, -0.15) is 5.10 Å². The number of para-hydroxylation sites is 1. The number of aryl methyl sites for hydroxylation is 1. The number of carbonyl (C=O) groups excluding carboxylic acids is 2. The maximum Gasteiger partial charge on any atom is 0.249 e. The van der Waals surface area contributed by atoms with Gasteiger partial charge in [-0.15, -0.1) is 0 Å². The van der Waals surface area contributed by atoms with Crippen LogP contribution in [0.3, 0.4) is 0 Å². The number of anilines is 2. The third-order valence-corrected chi connectivity index (χ3v) is 4.22. The van der Waals surface area contributed by atoms with Gasteiger partial charge in [-0.1, -0.05) is 23.7 Å². The van der Waals surface area contributed by atoms with E-state index in [1.165, 1.54) is 0 Å². The van der Waals surface area contributed by atoms with Crippen molar-refractivity contribution in [1.29, 1.82) is 0 Å². The summed E-state index contributed by atoms with van der Waals surface area (Å²) < 4.78 is 1.62. The number of rotatable bonds is 6. The molecule has 1 aromatic heterocycles. The molecule has 1 atom stereocenters. The lowest BCUT2D eigenvalue weighted by Gasteiger charge is -2.18. The molecule has 0 spiro atoms.